The molecule has 1 unspecified atom stereocenters. The van der Waals surface area contributed by atoms with Crippen molar-refractivity contribution in [2.45, 2.75) is 25.0 Å². The predicted octanol–water partition coefficient (Wildman–Crippen LogP) is 4.08. The highest BCUT2D eigenvalue weighted by atomic mass is 28.4. The number of hydrogen-bond acceptors (Lipinski definition) is 1. The quantitative estimate of drug-likeness (QED) is 0.637. The van der Waals surface area contributed by atoms with Crippen molar-refractivity contribution >= 4 is 18.7 Å². The van der Waals surface area contributed by atoms with Crippen LogP contribution in [-0.4, -0.2) is 8.32 Å². The van der Waals surface area contributed by atoms with E-state index in [4.69, 9.17) is 5.80 Å². The molecule has 5 rings (SSSR count). The lowest BCUT2D eigenvalue weighted by Crippen LogP contribution is -2.63. The third-order valence-electron chi connectivity index (χ3n) is 5.72. The van der Waals surface area contributed by atoms with Crippen molar-refractivity contribution in [1.29, 1.82) is 0 Å². The van der Waals surface area contributed by atoms with E-state index >= 15 is 0 Å². The molecule has 2 aliphatic rings. The first-order chi connectivity index (χ1) is 12.8. The van der Waals surface area contributed by atoms with Crippen molar-refractivity contribution in [1.82, 2.24) is 0 Å². The largest absolute Gasteiger partial charge is 0.401 e. The van der Waals surface area contributed by atoms with Gasteiger partial charge in [0.2, 0.25) is 0 Å². The second-order valence-corrected chi connectivity index (χ2v) is 10.6. The van der Waals surface area contributed by atoms with E-state index in [1.165, 1.54) is 21.5 Å². The van der Waals surface area contributed by atoms with Gasteiger partial charge in [0.25, 0.3) is 8.32 Å². The molecule has 0 radical (unpaired) electrons. The van der Waals surface area contributed by atoms with Gasteiger partial charge in [-0.25, -0.2) is 0 Å². The molecule has 1 aliphatic heterocycles. The zero-order valence-electron chi connectivity index (χ0n) is 15.1. The summed E-state index contributed by atoms with van der Waals surface area (Å²) >= 11 is 0. The van der Waals surface area contributed by atoms with Crippen LogP contribution in [0.5, 0.6) is 0 Å². The molecule has 0 N–H and O–H groups in total. The molecular formula is C23H22OSi. The average molecular weight is 344 g/mol. The van der Waals surface area contributed by atoms with Crippen LogP contribution in [0.15, 0.2) is 84.9 Å². The summed E-state index contributed by atoms with van der Waals surface area (Å²) in [5.74, 6) is 0.278. The molecule has 3 aromatic rings. The smallest absolute Gasteiger partial charge is 0.256 e. The number of hydrogen-bond donors (Lipinski definition) is 0. The molecule has 0 aromatic heterocycles. The number of benzene rings is 3. The zero-order chi connectivity index (χ0) is 17.6. The second-order valence-electron chi connectivity index (χ2n) is 7.10. The van der Waals surface area contributed by atoms with Crippen LogP contribution in [0, 0.1) is 5.92 Å². The van der Waals surface area contributed by atoms with Crippen molar-refractivity contribution in [3.8, 4) is 0 Å². The molecule has 1 aliphatic carbocycles. The van der Waals surface area contributed by atoms with Gasteiger partial charge in [0.15, 0.2) is 0 Å². The average Bonchev–Trinajstić information content (AvgIpc) is 3.08. The maximum absolute atomic E-state index is 8.98. The summed E-state index contributed by atoms with van der Waals surface area (Å²) in [7, 11) is -2.44. The Morgan fingerprint density at radius 3 is 2.08 bits per heavy atom. The van der Waals surface area contributed by atoms with Crippen LogP contribution >= 0.6 is 0 Å². The molecular weight excluding hydrogens is 320 g/mol. The van der Waals surface area contributed by atoms with Gasteiger partial charge in [-0.2, -0.15) is 0 Å². The third-order valence-corrected chi connectivity index (χ3v) is 9.72. The summed E-state index contributed by atoms with van der Waals surface area (Å²) in [6.07, 6.45) is 0.936. The SMILES string of the molecule is [2H]C1C[Si](c2ccccc2)(c2ccccc2)O[C@@H]2c3ccccc3C[C@H]12. The minimum Gasteiger partial charge on any atom is -0.401 e. The van der Waals surface area contributed by atoms with Crippen LogP contribution in [0.25, 0.3) is 0 Å². The Balaban J connectivity index is 1.67. The molecule has 1 nitrogen and oxygen atoms in total. The van der Waals surface area contributed by atoms with Crippen LogP contribution in [0.2, 0.25) is 6.04 Å². The first-order valence-electron chi connectivity index (χ1n) is 9.64. The lowest BCUT2D eigenvalue weighted by atomic mass is 10.0. The van der Waals surface area contributed by atoms with E-state index in [1.807, 2.05) is 0 Å². The Morgan fingerprint density at radius 2 is 1.40 bits per heavy atom. The van der Waals surface area contributed by atoms with E-state index in [0.717, 1.165) is 12.5 Å². The third kappa shape index (κ3) is 2.40. The van der Waals surface area contributed by atoms with Gasteiger partial charge >= 0.3 is 0 Å². The Hall–Kier alpha value is -2.16. The first-order valence-corrected chi connectivity index (χ1v) is 11.2. The van der Waals surface area contributed by atoms with Gasteiger partial charge in [-0.05, 0) is 46.3 Å². The van der Waals surface area contributed by atoms with Crippen LogP contribution in [0.4, 0.5) is 0 Å². The van der Waals surface area contributed by atoms with Crippen LogP contribution in [0.3, 0.4) is 0 Å². The van der Waals surface area contributed by atoms with E-state index in [1.54, 1.807) is 0 Å². The summed E-state index contributed by atoms with van der Waals surface area (Å²) < 4.78 is 16.1. The number of fused-ring (bicyclic) bond motifs is 3. The minimum atomic E-state index is -2.44. The van der Waals surface area contributed by atoms with Crippen LogP contribution < -0.4 is 10.4 Å². The van der Waals surface area contributed by atoms with Gasteiger partial charge in [-0.3, -0.25) is 0 Å². The fraction of sp³-hybridized carbons (Fsp3) is 0.217. The molecule has 1 fully saturated rings. The summed E-state index contributed by atoms with van der Waals surface area (Å²) in [5.41, 5.74) is 2.67. The Bertz CT molecular complexity index is 872. The van der Waals surface area contributed by atoms with Crippen LogP contribution in [0.1, 0.15) is 25.0 Å². The van der Waals surface area contributed by atoms with Crippen molar-refractivity contribution in [2.24, 2.45) is 5.92 Å². The van der Waals surface area contributed by atoms with E-state index in [2.05, 4.69) is 84.9 Å². The van der Waals surface area contributed by atoms with Gasteiger partial charge in [0, 0.05) is 1.37 Å². The normalized spacial score (nSPS) is 27.2. The maximum atomic E-state index is 8.98. The molecule has 0 bridgehead atoms. The summed E-state index contributed by atoms with van der Waals surface area (Å²) in [4.78, 5) is 0. The fourth-order valence-electron chi connectivity index (χ4n) is 4.48. The fourth-order valence-corrected chi connectivity index (χ4v) is 8.49. The number of rotatable bonds is 2. The molecule has 1 heterocycles. The molecule has 3 atom stereocenters. The van der Waals surface area contributed by atoms with Gasteiger partial charge in [-0.1, -0.05) is 84.9 Å². The highest BCUT2D eigenvalue weighted by Crippen LogP contribution is 2.47. The molecule has 0 spiro atoms. The summed E-state index contributed by atoms with van der Waals surface area (Å²) in [5, 5.41) is 2.57. The van der Waals surface area contributed by atoms with Gasteiger partial charge < -0.3 is 4.43 Å². The molecule has 0 saturated carbocycles. The topological polar surface area (TPSA) is 9.23 Å². The highest BCUT2D eigenvalue weighted by molar-refractivity contribution is 6.97. The Labute approximate surface area is 151 Å². The minimum absolute atomic E-state index is 0.0505. The lowest BCUT2D eigenvalue weighted by Gasteiger charge is -2.42. The van der Waals surface area contributed by atoms with Crippen molar-refractivity contribution in [2.75, 3.05) is 0 Å². The lowest BCUT2D eigenvalue weighted by molar-refractivity contribution is 0.120. The molecule has 124 valence electrons. The predicted molar refractivity (Wildman–Crippen MR) is 105 cm³/mol. The van der Waals surface area contributed by atoms with Gasteiger partial charge in [0.05, 0.1) is 6.10 Å². The monoisotopic (exact) mass is 343 g/mol. The second kappa shape index (κ2) is 5.97. The van der Waals surface area contributed by atoms with E-state index in [-0.39, 0.29) is 18.4 Å². The standard InChI is InChI=1S/C23H22OSi/c1-3-10-20(11-4-1)25(21-12-5-2-6-13-21)16-15-19-17-18-9-7-8-14-22(18)23(19)24-25/h1-14,19,23H,15-17H2/t19-,23-/m0/s1/i15D/t15?,19-,23-. The summed E-state index contributed by atoms with van der Waals surface area (Å²) in [6.45, 7) is 0. The maximum Gasteiger partial charge on any atom is 0.256 e. The van der Waals surface area contributed by atoms with E-state index < -0.39 is 8.32 Å². The van der Waals surface area contributed by atoms with Crippen molar-refractivity contribution < 1.29 is 5.80 Å². The van der Waals surface area contributed by atoms with Gasteiger partial charge in [-0.15, -0.1) is 0 Å². The van der Waals surface area contributed by atoms with Crippen molar-refractivity contribution in [3.63, 3.8) is 0 Å². The summed E-state index contributed by atoms with van der Waals surface area (Å²) in [6, 6.07) is 30.8. The first kappa shape index (κ1) is 14.1. The molecule has 3 aromatic carbocycles. The Morgan fingerprint density at radius 1 is 0.800 bits per heavy atom. The van der Waals surface area contributed by atoms with Crippen LogP contribution in [-0.2, 0) is 10.8 Å². The van der Waals surface area contributed by atoms with Crippen molar-refractivity contribution in [3.05, 3.63) is 96.1 Å². The molecule has 1 saturated heterocycles. The molecule has 2 heteroatoms. The molecule has 25 heavy (non-hydrogen) atoms. The van der Waals surface area contributed by atoms with E-state index in [0.29, 0.717) is 0 Å². The zero-order valence-corrected chi connectivity index (χ0v) is 15.1. The van der Waals surface area contributed by atoms with E-state index in [9.17, 15) is 0 Å². The Kier molecular flexibility index (Phi) is 3.36. The highest BCUT2D eigenvalue weighted by Gasteiger charge is 2.49. The molecule has 0 amide bonds. The van der Waals surface area contributed by atoms with Gasteiger partial charge in [0.1, 0.15) is 0 Å².